The molecule has 3 aromatic heterocycles. The van der Waals surface area contributed by atoms with Crippen LogP contribution in [0.5, 0.6) is 0 Å². The molecule has 3 heterocycles. The van der Waals surface area contributed by atoms with Crippen molar-refractivity contribution in [1.29, 1.82) is 0 Å². The van der Waals surface area contributed by atoms with E-state index in [0.29, 0.717) is 5.92 Å². The lowest BCUT2D eigenvalue weighted by Crippen LogP contribution is -1.95. The smallest absolute Gasteiger partial charge is 0.157 e. The molecule has 1 fully saturated rings. The van der Waals surface area contributed by atoms with Crippen molar-refractivity contribution in [3.63, 3.8) is 0 Å². The highest BCUT2D eigenvalue weighted by atomic mass is 32.2. The van der Waals surface area contributed by atoms with Gasteiger partial charge in [0.15, 0.2) is 16.9 Å². The fraction of sp³-hybridized carbons (Fsp3) is 0.235. The van der Waals surface area contributed by atoms with Crippen molar-refractivity contribution in [3.05, 3.63) is 54.2 Å². The summed E-state index contributed by atoms with van der Waals surface area (Å²) in [4.78, 5) is 16.3. The van der Waals surface area contributed by atoms with Crippen LogP contribution in [-0.4, -0.2) is 28.7 Å². The van der Waals surface area contributed by atoms with Gasteiger partial charge in [0.2, 0.25) is 0 Å². The van der Waals surface area contributed by atoms with Crippen LogP contribution in [0.25, 0.3) is 22.6 Å². The van der Waals surface area contributed by atoms with Crippen molar-refractivity contribution in [3.8, 4) is 22.6 Å². The first-order chi connectivity index (χ1) is 11.7. The third kappa shape index (κ3) is 3.27. The number of aromatic nitrogens is 4. The molecule has 0 aliphatic heterocycles. The number of nitrogens with zero attached hydrogens (tertiary/aromatic N) is 3. The molecule has 2 N–H and O–H groups in total. The molecule has 0 bridgehead atoms. The summed E-state index contributed by atoms with van der Waals surface area (Å²) in [5.74, 6) is 1.45. The summed E-state index contributed by atoms with van der Waals surface area (Å²) in [7, 11) is 0. The third-order valence-corrected chi connectivity index (χ3v) is 4.61. The normalized spacial score (nSPS) is 15.4. The zero-order valence-electron chi connectivity index (χ0n) is 12.8. The maximum atomic E-state index is 11.0. The molecule has 0 spiro atoms. The topological polar surface area (TPSA) is 91.8 Å². The van der Waals surface area contributed by atoms with E-state index in [0.717, 1.165) is 28.2 Å². The van der Waals surface area contributed by atoms with Crippen molar-refractivity contribution >= 4 is 11.1 Å². The number of pyridine rings is 2. The van der Waals surface area contributed by atoms with E-state index in [1.165, 1.54) is 18.5 Å². The van der Waals surface area contributed by atoms with Gasteiger partial charge in [-0.1, -0.05) is 0 Å². The molecule has 0 radical (unpaired) electrons. The van der Waals surface area contributed by atoms with Crippen molar-refractivity contribution in [1.82, 2.24) is 19.9 Å². The van der Waals surface area contributed by atoms with Crippen molar-refractivity contribution in [2.24, 2.45) is 0 Å². The fourth-order valence-corrected chi connectivity index (χ4v) is 3.12. The molecule has 1 saturated carbocycles. The summed E-state index contributed by atoms with van der Waals surface area (Å²) >= 11 is -1.88. The Hall–Kier alpha value is -2.38. The molecule has 0 saturated heterocycles. The summed E-state index contributed by atoms with van der Waals surface area (Å²) in [6, 6.07) is 5.72. The first-order valence-electron chi connectivity index (χ1n) is 7.72. The summed E-state index contributed by atoms with van der Waals surface area (Å²) in [5.41, 5.74) is 4.50. The molecular weight excluding hydrogens is 324 g/mol. The van der Waals surface area contributed by atoms with Gasteiger partial charge in [-0.25, -0.2) is 9.19 Å². The lowest BCUT2D eigenvalue weighted by molar-refractivity contribution is 0.563. The zero-order chi connectivity index (χ0) is 16.5. The zero-order valence-corrected chi connectivity index (χ0v) is 13.7. The molecule has 6 nitrogen and oxygen atoms in total. The molecule has 1 aliphatic carbocycles. The van der Waals surface area contributed by atoms with Gasteiger partial charge in [0.1, 0.15) is 5.69 Å². The second-order valence-corrected chi connectivity index (χ2v) is 6.87. The van der Waals surface area contributed by atoms with Crippen LogP contribution in [0.4, 0.5) is 0 Å². The van der Waals surface area contributed by atoms with Crippen molar-refractivity contribution in [2.75, 3.05) is 0 Å². The molecule has 24 heavy (non-hydrogen) atoms. The molecule has 3 aromatic rings. The average Bonchev–Trinajstić information content (AvgIpc) is 3.32. The first-order valence-corrected chi connectivity index (χ1v) is 9.00. The predicted molar refractivity (Wildman–Crippen MR) is 91.5 cm³/mol. The van der Waals surface area contributed by atoms with Crippen molar-refractivity contribution in [2.45, 2.75) is 24.5 Å². The minimum atomic E-state index is -1.88. The van der Waals surface area contributed by atoms with E-state index in [1.54, 1.807) is 18.6 Å². The Kier molecular flexibility index (Phi) is 3.95. The highest BCUT2D eigenvalue weighted by Gasteiger charge is 2.25. The molecule has 7 heteroatoms. The number of hydrogen-bond acceptors (Lipinski definition) is 4. The average molecular weight is 340 g/mol. The monoisotopic (exact) mass is 340 g/mol. The molecule has 1 atom stereocenters. The molecular formula is C17H16N4O2S. The second kappa shape index (κ2) is 6.26. The minimum Gasteiger partial charge on any atom is -0.340 e. The largest absolute Gasteiger partial charge is 0.340 e. The van der Waals surface area contributed by atoms with Gasteiger partial charge in [-0.15, -0.1) is 0 Å². The van der Waals surface area contributed by atoms with Crippen LogP contribution in [0.1, 0.15) is 30.0 Å². The van der Waals surface area contributed by atoms with Crippen molar-refractivity contribution < 1.29 is 8.76 Å². The summed E-state index contributed by atoms with van der Waals surface area (Å²) in [6.45, 7) is 0. The van der Waals surface area contributed by atoms with Gasteiger partial charge in [0, 0.05) is 42.0 Å². The van der Waals surface area contributed by atoms with Gasteiger partial charge in [0.25, 0.3) is 0 Å². The Morgan fingerprint density at radius 3 is 2.83 bits per heavy atom. The van der Waals surface area contributed by atoms with Crippen LogP contribution < -0.4 is 0 Å². The SMILES string of the molecule is O=S(O)Cc1cncc(-c2ccnc(-c3ncc(C4CC4)[nH]3)c2)c1. The van der Waals surface area contributed by atoms with E-state index in [1.807, 2.05) is 24.4 Å². The maximum Gasteiger partial charge on any atom is 0.157 e. The number of aromatic amines is 1. The lowest BCUT2D eigenvalue weighted by atomic mass is 10.1. The van der Waals surface area contributed by atoms with E-state index < -0.39 is 11.1 Å². The number of rotatable bonds is 5. The Balaban J connectivity index is 1.65. The number of nitrogens with one attached hydrogen (secondary N) is 1. The van der Waals surface area contributed by atoms with Gasteiger partial charge in [-0.05, 0) is 42.2 Å². The van der Waals surface area contributed by atoms with Crippen LogP contribution >= 0.6 is 0 Å². The standard InChI is InChI=1S/C17H16N4O2S/c22-24(23)10-11-5-14(8-18-7-11)13-3-4-19-15(6-13)17-20-9-16(21-17)12-1-2-12/h3-9,12H,1-2,10H2,(H,20,21)(H,22,23). The Morgan fingerprint density at radius 1 is 1.17 bits per heavy atom. The highest BCUT2D eigenvalue weighted by Crippen LogP contribution is 2.39. The van der Waals surface area contributed by atoms with Gasteiger partial charge in [0.05, 0.1) is 5.75 Å². The predicted octanol–water partition coefficient (Wildman–Crippen LogP) is 3.13. The summed E-state index contributed by atoms with van der Waals surface area (Å²) < 4.78 is 20.0. The number of H-pyrrole nitrogens is 1. The molecule has 1 unspecified atom stereocenters. The van der Waals surface area contributed by atoms with E-state index >= 15 is 0 Å². The van der Waals surface area contributed by atoms with E-state index in [2.05, 4.69) is 19.9 Å². The Morgan fingerprint density at radius 2 is 2.04 bits per heavy atom. The lowest BCUT2D eigenvalue weighted by Gasteiger charge is -2.05. The third-order valence-electron chi connectivity index (χ3n) is 4.03. The quantitative estimate of drug-likeness (QED) is 0.696. The second-order valence-electron chi connectivity index (χ2n) is 5.94. The first kappa shape index (κ1) is 15.2. The minimum absolute atomic E-state index is 0.0711. The van der Waals surface area contributed by atoms with Crippen LogP contribution in [0, 0.1) is 0 Å². The molecule has 122 valence electrons. The van der Waals surface area contributed by atoms with Gasteiger partial charge < -0.3 is 9.54 Å². The number of hydrogen-bond donors (Lipinski definition) is 2. The fourth-order valence-electron chi connectivity index (χ4n) is 2.67. The van der Waals surface area contributed by atoms with E-state index in [-0.39, 0.29) is 5.75 Å². The molecule has 1 aliphatic rings. The van der Waals surface area contributed by atoms with Crippen LogP contribution in [0.3, 0.4) is 0 Å². The Labute approximate surface area is 141 Å². The van der Waals surface area contributed by atoms with Gasteiger partial charge in [-0.3, -0.25) is 9.97 Å². The summed E-state index contributed by atoms with van der Waals surface area (Å²) in [6.07, 6.45) is 9.41. The maximum absolute atomic E-state index is 11.0. The molecule has 0 amide bonds. The van der Waals surface area contributed by atoms with E-state index in [4.69, 9.17) is 4.55 Å². The van der Waals surface area contributed by atoms with E-state index in [9.17, 15) is 4.21 Å². The summed E-state index contributed by atoms with van der Waals surface area (Å²) in [5, 5.41) is 0. The van der Waals surface area contributed by atoms with Crippen LogP contribution in [0.15, 0.2) is 43.0 Å². The Bertz CT molecular complexity index is 905. The molecule has 4 rings (SSSR count). The number of imidazole rings is 1. The van der Waals surface area contributed by atoms with Gasteiger partial charge in [-0.2, -0.15) is 0 Å². The highest BCUT2D eigenvalue weighted by molar-refractivity contribution is 7.78. The van der Waals surface area contributed by atoms with Crippen LogP contribution in [0.2, 0.25) is 0 Å². The van der Waals surface area contributed by atoms with Crippen LogP contribution in [-0.2, 0) is 16.8 Å². The molecule has 0 aromatic carbocycles. The van der Waals surface area contributed by atoms with Gasteiger partial charge >= 0.3 is 0 Å².